The van der Waals surface area contributed by atoms with Crippen LogP contribution in [-0.2, 0) is 14.3 Å². The van der Waals surface area contributed by atoms with Gasteiger partial charge in [0.25, 0.3) is 0 Å². The Hall–Kier alpha value is -0.650. The van der Waals surface area contributed by atoms with Gasteiger partial charge in [-0.05, 0) is 6.92 Å². The Balaban J connectivity index is 3.93. The summed E-state index contributed by atoms with van der Waals surface area (Å²) >= 11 is 5.24. The normalized spacial score (nSPS) is 15.0. The minimum atomic E-state index is -0.977. The molecule has 2 atom stereocenters. The molecule has 4 N–H and O–H groups in total. The first kappa shape index (κ1) is 11.4. The van der Waals surface area contributed by atoms with Gasteiger partial charge in [-0.25, -0.2) is 9.59 Å². The molecule has 0 aliphatic rings. The van der Waals surface area contributed by atoms with Crippen LogP contribution in [0.1, 0.15) is 6.92 Å². The van der Waals surface area contributed by atoms with Crippen LogP contribution < -0.4 is 11.5 Å². The van der Waals surface area contributed by atoms with Gasteiger partial charge in [0.15, 0.2) is 0 Å². The van der Waals surface area contributed by atoms with E-state index in [1.807, 2.05) is 0 Å². The van der Waals surface area contributed by atoms with Gasteiger partial charge in [-0.2, -0.15) is 0 Å². The Morgan fingerprint density at radius 2 is 1.92 bits per heavy atom. The number of carbonyl (C=O) groups is 2. The van der Waals surface area contributed by atoms with Crippen molar-refractivity contribution >= 4 is 23.5 Å². The molecule has 6 heteroatoms. The molecule has 0 aromatic carbocycles. The van der Waals surface area contributed by atoms with E-state index in [1.165, 1.54) is 6.92 Å². The van der Waals surface area contributed by atoms with Crippen molar-refractivity contribution in [3.05, 3.63) is 0 Å². The van der Waals surface area contributed by atoms with Crippen LogP contribution in [0.4, 0.5) is 0 Å². The van der Waals surface area contributed by atoms with Gasteiger partial charge in [0.05, 0.1) is 0 Å². The largest absolute Gasteiger partial charge is 0.391 e. The Labute approximate surface area is 75.0 Å². The molecule has 0 spiro atoms. The summed E-state index contributed by atoms with van der Waals surface area (Å²) in [6.45, 7) is 1.40. The number of halogens is 1. The summed E-state index contributed by atoms with van der Waals surface area (Å²) in [6.07, 6.45) is 0. The Kier molecular flexibility index (Phi) is 4.80. The summed E-state index contributed by atoms with van der Waals surface area (Å²) in [4.78, 5) is 21.5. The number of alkyl halides is 1. The number of ether oxygens (including phenoxy) is 1. The van der Waals surface area contributed by atoms with Crippen LogP contribution in [0.2, 0.25) is 0 Å². The number of esters is 2. The quantitative estimate of drug-likeness (QED) is 0.340. The van der Waals surface area contributed by atoms with Crippen molar-refractivity contribution in [2.24, 2.45) is 11.5 Å². The summed E-state index contributed by atoms with van der Waals surface area (Å²) in [6, 6.07) is -1.81. The first-order valence-corrected chi connectivity index (χ1v) is 3.85. The third-order valence-electron chi connectivity index (χ3n) is 1.04. The number of hydrogen-bond acceptors (Lipinski definition) is 5. The van der Waals surface area contributed by atoms with Crippen molar-refractivity contribution in [1.29, 1.82) is 0 Å². The van der Waals surface area contributed by atoms with Crippen molar-refractivity contribution in [2.45, 2.75) is 19.0 Å². The SMILES string of the molecule is C[C@H](N)C(=O)OC(=O)[C@@H](N)CCl. The Morgan fingerprint density at radius 1 is 1.42 bits per heavy atom. The third-order valence-corrected chi connectivity index (χ3v) is 1.37. The maximum absolute atomic E-state index is 10.8. The minimum Gasteiger partial charge on any atom is -0.391 e. The second-order valence-electron chi connectivity index (χ2n) is 2.29. The highest BCUT2D eigenvalue weighted by Gasteiger charge is 2.19. The van der Waals surface area contributed by atoms with Gasteiger partial charge in [0.2, 0.25) is 0 Å². The van der Waals surface area contributed by atoms with Crippen molar-refractivity contribution in [2.75, 3.05) is 5.88 Å². The molecule has 5 nitrogen and oxygen atoms in total. The topological polar surface area (TPSA) is 95.4 Å². The molecular weight excluding hydrogens is 184 g/mol. The Morgan fingerprint density at radius 3 is 2.25 bits per heavy atom. The third kappa shape index (κ3) is 3.66. The van der Waals surface area contributed by atoms with E-state index in [-0.39, 0.29) is 5.88 Å². The lowest BCUT2D eigenvalue weighted by atomic mass is 10.3. The molecule has 0 fully saturated rings. The molecule has 0 saturated carbocycles. The highest BCUT2D eigenvalue weighted by Crippen LogP contribution is 1.91. The smallest absolute Gasteiger partial charge is 0.331 e. The molecule has 70 valence electrons. The molecule has 12 heavy (non-hydrogen) atoms. The van der Waals surface area contributed by atoms with Crippen LogP contribution in [-0.4, -0.2) is 29.9 Å². The fraction of sp³-hybridized carbons (Fsp3) is 0.667. The molecule has 0 amide bonds. The second-order valence-corrected chi connectivity index (χ2v) is 2.60. The molecule has 0 heterocycles. The van der Waals surface area contributed by atoms with E-state index < -0.39 is 24.0 Å². The number of hydrogen-bond donors (Lipinski definition) is 2. The van der Waals surface area contributed by atoms with Gasteiger partial charge in [-0.3, -0.25) is 0 Å². The van der Waals surface area contributed by atoms with E-state index in [0.29, 0.717) is 0 Å². The molecule has 0 radical (unpaired) electrons. The molecule has 0 rings (SSSR count). The fourth-order valence-electron chi connectivity index (χ4n) is 0.331. The van der Waals surface area contributed by atoms with Crippen molar-refractivity contribution in [3.63, 3.8) is 0 Å². The van der Waals surface area contributed by atoms with E-state index in [9.17, 15) is 9.59 Å². The van der Waals surface area contributed by atoms with Crippen molar-refractivity contribution < 1.29 is 14.3 Å². The lowest BCUT2D eigenvalue weighted by Gasteiger charge is -2.08. The van der Waals surface area contributed by atoms with Gasteiger partial charge < -0.3 is 16.2 Å². The highest BCUT2D eigenvalue weighted by molar-refractivity contribution is 6.19. The summed E-state index contributed by atoms with van der Waals surface area (Å²) in [5.41, 5.74) is 10.3. The van der Waals surface area contributed by atoms with Gasteiger partial charge >= 0.3 is 11.9 Å². The zero-order valence-corrected chi connectivity index (χ0v) is 7.38. The summed E-state index contributed by atoms with van der Waals surface area (Å²) in [5, 5.41) is 0. The first-order valence-electron chi connectivity index (χ1n) is 3.31. The average Bonchev–Trinajstić information content (AvgIpc) is 2.02. The monoisotopic (exact) mass is 194 g/mol. The van der Waals surface area contributed by atoms with E-state index in [2.05, 4.69) is 4.74 Å². The molecule has 0 aliphatic heterocycles. The number of carbonyl (C=O) groups excluding carboxylic acids is 2. The van der Waals surface area contributed by atoms with E-state index in [1.54, 1.807) is 0 Å². The maximum Gasteiger partial charge on any atom is 0.331 e. The van der Waals surface area contributed by atoms with Crippen LogP contribution in [0, 0.1) is 0 Å². The lowest BCUT2D eigenvalue weighted by molar-refractivity contribution is -0.160. The summed E-state index contributed by atoms with van der Waals surface area (Å²) in [7, 11) is 0. The van der Waals surface area contributed by atoms with Crippen LogP contribution in [0.5, 0.6) is 0 Å². The molecule has 0 aromatic heterocycles. The van der Waals surface area contributed by atoms with Crippen LogP contribution >= 0.6 is 11.6 Å². The first-order chi connectivity index (χ1) is 5.49. The predicted molar refractivity (Wildman–Crippen MR) is 43.4 cm³/mol. The fourth-order valence-corrected chi connectivity index (χ4v) is 0.457. The Bertz CT molecular complexity index is 184. The molecule has 0 aromatic rings. The molecule has 0 bridgehead atoms. The van der Waals surface area contributed by atoms with Gasteiger partial charge in [0.1, 0.15) is 12.1 Å². The molecule has 0 saturated heterocycles. The van der Waals surface area contributed by atoms with Gasteiger partial charge in [0, 0.05) is 5.88 Å². The standard InChI is InChI=1S/C6H11ClN2O3/c1-3(8)5(10)12-6(11)4(9)2-7/h3-4H,2,8-9H2,1H3/t3-,4-/m0/s1. The highest BCUT2D eigenvalue weighted by atomic mass is 35.5. The lowest BCUT2D eigenvalue weighted by Crippen LogP contribution is -2.39. The average molecular weight is 195 g/mol. The zero-order valence-electron chi connectivity index (χ0n) is 6.62. The number of nitrogens with two attached hydrogens (primary N) is 2. The number of rotatable bonds is 3. The molecule has 0 aliphatic carbocycles. The van der Waals surface area contributed by atoms with Crippen molar-refractivity contribution in [1.82, 2.24) is 0 Å². The van der Waals surface area contributed by atoms with E-state index in [4.69, 9.17) is 23.1 Å². The zero-order chi connectivity index (χ0) is 9.72. The molecular formula is C6H11ClN2O3. The van der Waals surface area contributed by atoms with Crippen LogP contribution in [0.15, 0.2) is 0 Å². The minimum absolute atomic E-state index is 0.0922. The van der Waals surface area contributed by atoms with E-state index in [0.717, 1.165) is 0 Å². The molecule has 0 unspecified atom stereocenters. The van der Waals surface area contributed by atoms with Gasteiger partial charge in [-0.15, -0.1) is 11.6 Å². The van der Waals surface area contributed by atoms with Crippen LogP contribution in [0.3, 0.4) is 0 Å². The summed E-state index contributed by atoms with van der Waals surface area (Å²) < 4.78 is 4.25. The second kappa shape index (κ2) is 5.08. The van der Waals surface area contributed by atoms with Crippen molar-refractivity contribution in [3.8, 4) is 0 Å². The van der Waals surface area contributed by atoms with E-state index >= 15 is 0 Å². The van der Waals surface area contributed by atoms with Crippen LogP contribution in [0.25, 0.3) is 0 Å². The van der Waals surface area contributed by atoms with Gasteiger partial charge in [-0.1, -0.05) is 0 Å². The maximum atomic E-state index is 10.8. The summed E-state index contributed by atoms with van der Waals surface area (Å²) in [5.74, 6) is -1.75. The predicted octanol–water partition coefficient (Wildman–Crippen LogP) is -1.03.